The third-order valence-corrected chi connectivity index (χ3v) is 4.45. The van der Waals surface area contributed by atoms with Gasteiger partial charge in [-0.1, -0.05) is 12.1 Å². The van der Waals surface area contributed by atoms with Crippen LogP contribution in [0.2, 0.25) is 0 Å². The first kappa shape index (κ1) is 16.4. The van der Waals surface area contributed by atoms with Crippen LogP contribution in [0.4, 0.5) is 4.39 Å². The fraction of sp³-hybridized carbons (Fsp3) is 0.647. The maximum atomic E-state index is 13.6. The van der Waals surface area contributed by atoms with Gasteiger partial charge in [0.1, 0.15) is 5.82 Å². The lowest BCUT2D eigenvalue weighted by Gasteiger charge is -2.39. The van der Waals surface area contributed by atoms with Crippen molar-refractivity contribution in [3.05, 3.63) is 35.6 Å². The molecule has 1 unspecified atom stereocenters. The van der Waals surface area contributed by atoms with E-state index in [1.54, 1.807) is 13.2 Å². The zero-order valence-corrected chi connectivity index (χ0v) is 12.8. The standard InChI is InChI=1S/C17H26FNO2/c1-21-11-3-2-9-17(20,15-7-5-10-19-13-15)14-6-4-8-16(18)12-14/h4,6,8,12,15,19-20H,2-3,5,7,9-11,13H2,1H3/t15?,17-/m1/s1. The minimum Gasteiger partial charge on any atom is -0.385 e. The molecule has 1 aliphatic rings. The molecule has 1 fully saturated rings. The van der Waals surface area contributed by atoms with Gasteiger partial charge in [0.05, 0.1) is 5.60 Å². The molecular weight excluding hydrogens is 269 g/mol. The van der Waals surface area contributed by atoms with Gasteiger partial charge in [0.15, 0.2) is 0 Å². The Bertz CT molecular complexity index is 435. The van der Waals surface area contributed by atoms with Gasteiger partial charge in [0.2, 0.25) is 0 Å². The molecule has 1 aliphatic heterocycles. The van der Waals surface area contributed by atoms with Crippen LogP contribution < -0.4 is 5.32 Å². The second kappa shape index (κ2) is 7.87. The van der Waals surface area contributed by atoms with Gasteiger partial charge in [0.25, 0.3) is 0 Å². The fourth-order valence-corrected chi connectivity index (χ4v) is 3.24. The highest BCUT2D eigenvalue weighted by Crippen LogP contribution is 2.38. The van der Waals surface area contributed by atoms with Gasteiger partial charge in [-0.2, -0.15) is 0 Å². The molecule has 0 amide bonds. The normalized spacial score (nSPS) is 22.0. The van der Waals surface area contributed by atoms with Crippen LogP contribution in [0.5, 0.6) is 0 Å². The Morgan fingerprint density at radius 2 is 2.29 bits per heavy atom. The first-order valence-corrected chi connectivity index (χ1v) is 7.85. The summed E-state index contributed by atoms with van der Waals surface area (Å²) < 4.78 is 18.6. The molecule has 1 aromatic carbocycles. The Balaban J connectivity index is 2.15. The number of ether oxygens (including phenoxy) is 1. The van der Waals surface area contributed by atoms with Crippen LogP contribution >= 0.6 is 0 Å². The molecular formula is C17H26FNO2. The lowest BCUT2D eigenvalue weighted by atomic mass is 9.74. The van der Waals surface area contributed by atoms with Crippen molar-refractivity contribution < 1.29 is 14.2 Å². The highest BCUT2D eigenvalue weighted by atomic mass is 19.1. The Kier molecular flexibility index (Phi) is 6.15. The summed E-state index contributed by atoms with van der Waals surface area (Å²) in [4.78, 5) is 0. The molecule has 0 bridgehead atoms. The maximum absolute atomic E-state index is 13.6. The van der Waals surface area contributed by atoms with Gasteiger partial charge in [0, 0.05) is 26.2 Å². The van der Waals surface area contributed by atoms with Crippen molar-refractivity contribution in [3.63, 3.8) is 0 Å². The number of unbranched alkanes of at least 4 members (excludes halogenated alkanes) is 1. The number of benzene rings is 1. The van der Waals surface area contributed by atoms with Crippen molar-refractivity contribution in [2.45, 2.75) is 37.7 Å². The van der Waals surface area contributed by atoms with Crippen LogP contribution in [0.3, 0.4) is 0 Å². The van der Waals surface area contributed by atoms with Gasteiger partial charge in [-0.15, -0.1) is 0 Å². The van der Waals surface area contributed by atoms with Gasteiger partial charge in [-0.25, -0.2) is 4.39 Å². The van der Waals surface area contributed by atoms with Crippen molar-refractivity contribution in [1.82, 2.24) is 5.32 Å². The Hall–Kier alpha value is -0.970. The van der Waals surface area contributed by atoms with Crippen LogP contribution in [0.25, 0.3) is 0 Å². The predicted octanol–water partition coefficient (Wildman–Crippen LogP) is 2.83. The van der Waals surface area contributed by atoms with Crippen LogP contribution in [-0.2, 0) is 10.3 Å². The average Bonchev–Trinajstić information content (AvgIpc) is 2.52. The molecule has 0 aliphatic carbocycles. The molecule has 0 radical (unpaired) electrons. The summed E-state index contributed by atoms with van der Waals surface area (Å²) in [6, 6.07) is 6.42. The van der Waals surface area contributed by atoms with E-state index in [9.17, 15) is 9.50 Å². The quantitative estimate of drug-likeness (QED) is 0.760. The number of piperidine rings is 1. The van der Waals surface area contributed by atoms with Crippen LogP contribution in [0.1, 0.15) is 37.7 Å². The molecule has 0 aromatic heterocycles. The highest BCUT2D eigenvalue weighted by Gasteiger charge is 2.38. The Morgan fingerprint density at radius 1 is 1.43 bits per heavy atom. The van der Waals surface area contributed by atoms with E-state index in [2.05, 4.69) is 5.32 Å². The molecule has 118 valence electrons. The van der Waals surface area contributed by atoms with E-state index in [1.807, 2.05) is 6.07 Å². The van der Waals surface area contributed by atoms with E-state index >= 15 is 0 Å². The summed E-state index contributed by atoms with van der Waals surface area (Å²) >= 11 is 0. The van der Waals surface area contributed by atoms with Crippen molar-refractivity contribution >= 4 is 0 Å². The molecule has 21 heavy (non-hydrogen) atoms. The number of hydrogen-bond donors (Lipinski definition) is 2. The number of nitrogens with one attached hydrogen (secondary N) is 1. The monoisotopic (exact) mass is 295 g/mol. The van der Waals surface area contributed by atoms with Gasteiger partial charge >= 0.3 is 0 Å². The van der Waals surface area contributed by atoms with Crippen molar-refractivity contribution in [2.24, 2.45) is 5.92 Å². The summed E-state index contributed by atoms with van der Waals surface area (Å²) in [5.41, 5.74) is -0.253. The molecule has 2 rings (SSSR count). The fourth-order valence-electron chi connectivity index (χ4n) is 3.24. The van der Waals surface area contributed by atoms with Crippen molar-refractivity contribution in [1.29, 1.82) is 0 Å². The first-order valence-electron chi connectivity index (χ1n) is 7.85. The third-order valence-electron chi connectivity index (χ3n) is 4.45. The van der Waals surface area contributed by atoms with Crippen molar-refractivity contribution in [3.8, 4) is 0 Å². The predicted molar refractivity (Wildman–Crippen MR) is 81.6 cm³/mol. The number of halogens is 1. The Labute approximate surface area is 126 Å². The van der Waals surface area contributed by atoms with Crippen molar-refractivity contribution in [2.75, 3.05) is 26.8 Å². The van der Waals surface area contributed by atoms with Gasteiger partial charge in [-0.3, -0.25) is 0 Å². The van der Waals surface area contributed by atoms with Crippen LogP contribution in [0.15, 0.2) is 24.3 Å². The summed E-state index contributed by atoms with van der Waals surface area (Å²) in [5.74, 6) is -0.151. The zero-order chi connectivity index (χ0) is 15.1. The summed E-state index contributed by atoms with van der Waals surface area (Å²) in [6.07, 6.45) is 4.46. The molecule has 0 spiro atoms. The molecule has 1 saturated heterocycles. The van der Waals surface area contributed by atoms with E-state index < -0.39 is 5.60 Å². The van der Waals surface area contributed by atoms with E-state index in [-0.39, 0.29) is 11.7 Å². The summed E-state index contributed by atoms with van der Waals surface area (Å²) in [7, 11) is 1.68. The van der Waals surface area contributed by atoms with E-state index in [1.165, 1.54) is 12.1 Å². The molecule has 4 heteroatoms. The summed E-state index contributed by atoms with van der Waals surface area (Å²) in [5, 5.41) is 14.6. The molecule has 1 aromatic rings. The largest absolute Gasteiger partial charge is 0.385 e. The Morgan fingerprint density at radius 3 is 2.95 bits per heavy atom. The van der Waals surface area contributed by atoms with Crippen LogP contribution in [0, 0.1) is 11.7 Å². The molecule has 2 atom stereocenters. The lowest BCUT2D eigenvalue weighted by Crippen LogP contribution is -2.44. The number of aliphatic hydroxyl groups is 1. The smallest absolute Gasteiger partial charge is 0.123 e. The maximum Gasteiger partial charge on any atom is 0.123 e. The molecule has 2 N–H and O–H groups in total. The van der Waals surface area contributed by atoms with E-state index in [0.29, 0.717) is 18.6 Å². The minimum atomic E-state index is -0.955. The van der Waals surface area contributed by atoms with Gasteiger partial charge < -0.3 is 15.2 Å². The molecule has 0 saturated carbocycles. The second-order valence-electron chi connectivity index (χ2n) is 5.93. The van der Waals surface area contributed by atoms with Crippen LogP contribution in [-0.4, -0.2) is 31.9 Å². The number of rotatable bonds is 7. The average molecular weight is 295 g/mol. The molecule has 1 heterocycles. The third kappa shape index (κ3) is 4.25. The topological polar surface area (TPSA) is 41.5 Å². The second-order valence-corrected chi connectivity index (χ2v) is 5.93. The first-order chi connectivity index (χ1) is 10.2. The minimum absolute atomic E-state index is 0.135. The van der Waals surface area contributed by atoms with Gasteiger partial charge in [-0.05, 0) is 56.3 Å². The highest BCUT2D eigenvalue weighted by molar-refractivity contribution is 5.24. The number of hydrogen-bond acceptors (Lipinski definition) is 3. The SMILES string of the molecule is COCCCC[C@@](O)(c1cccc(F)c1)C1CCCNC1. The number of methoxy groups -OCH3 is 1. The van der Waals surface area contributed by atoms with E-state index in [4.69, 9.17) is 4.74 Å². The molecule has 3 nitrogen and oxygen atoms in total. The lowest BCUT2D eigenvalue weighted by molar-refractivity contribution is -0.0436. The van der Waals surface area contributed by atoms with E-state index in [0.717, 1.165) is 38.8 Å². The zero-order valence-electron chi connectivity index (χ0n) is 12.8. The summed E-state index contributed by atoms with van der Waals surface area (Å²) in [6.45, 7) is 2.48.